The highest BCUT2D eigenvalue weighted by Gasteiger charge is 2.38. The summed E-state index contributed by atoms with van der Waals surface area (Å²) < 4.78 is 10.5. The van der Waals surface area contributed by atoms with Gasteiger partial charge in [-0.2, -0.15) is 0 Å². The van der Waals surface area contributed by atoms with Gasteiger partial charge in [0, 0.05) is 17.7 Å². The van der Waals surface area contributed by atoms with E-state index in [-0.39, 0.29) is 31.2 Å². The van der Waals surface area contributed by atoms with Crippen LogP contribution < -0.4 is 16.0 Å². The van der Waals surface area contributed by atoms with E-state index in [9.17, 15) is 19.5 Å². The van der Waals surface area contributed by atoms with Crippen molar-refractivity contribution in [1.29, 1.82) is 5.41 Å². The van der Waals surface area contributed by atoms with E-state index in [0.29, 0.717) is 23.2 Å². The van der Waals surface area contributed by atoms with Gasteiger partial charge in [-0.05, 0) is 48.4 Å². The number of aromatic hydroxyl groups is 1. The Hall–Kier alpha value is -4.08. The molecule has 1 heterocycles. The van der Waals surface area contributed by atoms with Crippen LogP contribution in [0, 0.1) is 5.41 Å². The number of benzene rings is 2. The van der Waals surface area contributed by atoms with Crippen molar-refractivity contribution < 1.29 is 29.0 Å². The number of phenols is 1. The summed E-state index contributed by atoms with van der Waals surface area (Å²) in [6, 6.07) is 11.7. The number of nitrogens with two attached hydrogens (primary N) is 1. The van der Waals surface area contributed by atoms with Crippen LogP contribution in [0.5, 0.6) is 5.75 Å². The molecule has 2 aromatic carbocycles. The highest BCUT2D eigenvalue weighted by Crippen LogP contribution is 2.22. The highest BCUT2D eigenvalue weighted by molar-refractivity contribution is 5.98. The molecule has 0 spiro atoms. The second kappa shape index (κ2) is 11.2. The van der Waals surface area contributed by atoms with Crippen molar-refractivity contribution in [3.63, 3.8) is 0 Å². The highest BCUT2D eigenvalue weighted by atomic mass is 16.6. The summed E-state index contributed by atoms with van der Waals surface area (Å²) in [7, 11) is 0. The van der Waals surface area contributed by atoms with E-state index in [1.807, 2.05) is 6.92 Å². The summed E-state index contributed by atoms with van der Waals surface area (Å²) >= 11 is 0. The maximum Gasteiger partial charge on any atom is 0.415 e. The maximum absolute atomic E-state index is 12.9. The Kier molecular flexibility index (Phi) is 8.07. The minimum atomic E-state index is -1.12. The summed E-state index contributed by atoms with van der Waals surface area (Å²) in [5.41, 5.74) is 7.16. The molecule has 1 aliphatic rings. The largest absolute Gasteiger partial charge is 0.508 e. The van der Waals surface area contributed by atoms with Gasteiger partial charge in [-0.25, -0.2) is 9.59 Å². The van der Waals surface area contributed by atoms with Gasteiger partial charge in [-0.3, -0.25) is 15.1 Å². The molecule has 34 heavy (non-hydrogen) atoms. The number of hydrogen-bond acceptors (Lipinski definition) is 7. The van der Waals surface area contributed by atoms with Crippen molar-refractivity contribution in [2.45, 2.75) is 38.3 Å². The molecule has 1 saturated heterocycles. The number of carbonyl (C=O) groups excluding carboxylic acids is 3. The number of phenolic OH excluding ortho intramolecular Hbond substituents is 1. The standard InChI is InChI=1S/C24H28N4O6/c1-2-3-12-33-23(31)19(13-15-4-10-18(29)11-5-15)27-22(30)20-14-28(24(32)34-20)17-8-6-16(7-9-17)21(25)26/h4-11,19-20,29H,2-3,12-14H2,1H3,(H3,25,26)(H,27,30)/t19-,20?/m1/s1. The molecule has 0 radical (unpaired) electrons. The molecule has 2 aromatic rings. The first kappa shape index (κ1) is 24.6. The Morgan fingerprint density at radius 2 is 1.91 bits per heavy atom. The average molecular weight is 469 g/mol. The molecular formula is C24H28N4O6. The van der Waals surface area contributed by atoms with Gasteiger partial charge in [-0.15, -0.1) is 0 Å². The number of amidine groups is 1. The fourth-order valence-electron chi connectivity index (χ4n) is 3.37. The van der Waals surface area contributed by atoms with E-state index in [4.69, 9.17) is 20.6 Å². The van der Waals surface area contributed by atoms with Crippen LogP contribution in [0.3, 0.4) is 0 Å². The minimum absolute atomic E-state index is 0.0408. The lowest BCUT2D eigenvalue weighted by Gasteiger charge is -2.19. The Morgan fingerprint density at radius 1 is 1.24 bits per heavy atom. The Bertz CT molecular complexity index is 1040. The summed E-state index contributed by atoms with van der Waals surface area (Å²) in [5.74, 6) is -1.22. The van der Waals surface area contributed by atoms with E-state index in [1.54, 1.807) is 36.4 Å². The molecule has 10 nitrogen and oxygen atoms in total. The lowest BCUT2D eigenvalue weighted by atomic mass is 10.1. The topological polar surface area (TPSA) is 155 Å². The van der Waals surface area contributed by atoms with Crippen molar-refractivity contribution in [2.24, 2.45) is 5.73 Å². The van der Waals surface area contributed by atoms with Crippen molar-refractivity contribution in [3.05, 3.63) is 59.7 Å². The Labute approximate surface area is 197 Å². The lowest BCUT2D eigenvalue weighted by Crippen LogP contribution is -2.48. The molecule has 2 amide bonds. The predicted molar refractivity (Wildman–Crippen MR) is 125 cm³/mol. The molecule has 1 unspecified atom stereocenters. The van der Waals surface area contributed by atoms with Crippen LogP contribution in [0.1, 0.15) is 30.9 Å². The number of esters is 1. The molecule has 3 rings (SSSR count). The molecule has 1 fully saturated rings. The van der Waals surface area contributed by atoms with E-state index < -0.39 is 30.1 Å². The van der Waals surface area contributed by atoms with Crippen LogP contribution >= 0.6 is 0 Å². The zero-order chi connectivity index (χ0) is 24.7. The van der Waals surface area contributed by atoms with Gasteiger partial charge >= 0.3 is 12.1 Å². The third-order valence-corrected chi connectivity index (χ3v) is 5.31. The fraction of sp³-hybridized carbons (Fsp3) is 0.333. The van der Waals surface area contributed by atoms with Crippen molar-refractivity contribution in [3.8, 4) is 5.75 Å². The number of ether oxygens (including phenoxy) is 2. The van der Waals surface area contributed by atoms with Crippen LogP contribution in [-0.4, -0.2) is 54.2 Å². The second-order valence-electron chi connectivity index (χ2n) is 7.90. The molecule has 5 N–H and O–H groups in total. The molecule has 10 heteroatoms. The fourth-order valence-corrected chi connectivity index (χ4v) is 3.37. The van der Waals surface area contributed by atoms with Crippen molar-refractivity contribution in [2.75, 3.05) is 18.1 Å². The number of nitrogen functional groups attached to an aromatic ring is 1. The first-order valence-electron chi connectivity index (χ1n) is 11.0. The monoisotopic (exact) mass is 468 g/mol. The second-order valence-corrected chi connectivity index (χ2v) is 7.90. The van der Waals surface area contributed by atoms with Gasteiger partial charge in [0.2, 0.25) is 0 Å². The van der Waals surface area contributed by atoms with E-state index in [0.717, 1.165) is 6.42 Å². The number of rotatable bonds is 10. The van der Waals surface area contributed by atoms with Crippen LogP contribution in [0.15, 0.2) is 48.5 Å². The number of unbranched alkanes of at least 4 members (excludes halogenated alkanes) is 1. The Morgan fingerprint density at radius 3 is 2.53 bits per heavy atom. The van der Waals surface area contributed by atoms with Gasteiger partial charge in [0.1, 0.15) is 17.6 Å². The number of nitrogens with one attached hydrogen (secondary N) is 2. The number of anilines is 1. The molecular weight excluding hydrogens is 440 g/mol. The number of cyclic esters (lactones) is 1. The van der Waals surface area contributed by atoms with Gasteiger partial charge < -0.3 is 25.6 Å². The first-order valence-corrected chi connectivity index (χ1v) is 11.0. The number of hydrogen-bond donors (Lipinski definition) is 4. The van der Waals surface area contributed by atoms with Gasteiger partial charge in [0.25, 0.3) is 5.91 Å². The Balaban J connectivity index is 1.68. The van der Waals surface area contributed by atoms with E-state index >= 15 is 0 Å². The zero-order valence-electron chi connectivity index (χ0n) is 18.8. The van der Waals surface area contributed by atoms with Crippen LogP contribution in [0.4, 0.5) is 10.5 Å². The number of nitrogens with zero attached hydrogens (tertiary/aromatic N) is 1. The van der Waals surface area contributed by atoms with E-state index in [1.165, 1.54) is 17.0 Å². The molecule has 0 aliphatic carbocycles. The van der Waals surface area contributed by atoms with Gasteiger partial charge in [0.15, 0.2) is 6.10 Å². The van der Waals surface area contributed by atoms with Gasteiger partial charge in [-0.1, -0.05) is 25.5 Å². The molecule has 0 bridgehead atoms. The third-order valence-electron chi connectivity index (χ3n) is 5.31. The van der Waals surface area contributed by atoms with Crippen LogP contribution in [-0.2, 0) is 25.5 Å². The quantitative estimate of drug-likeness (QED) is 0.180. The smallest absolute Gasteiger partial charge is 0.415 e. The summed E-state index contributed by atoms with van der Waals surface area (Å²) in [6.45, 7) is 2.16. The van der Waals surface area contributed by atoms with E-state index in [2.05, 4.69) is 5.32 Å². The average Bonchev–Trinajstić information content (AvgIpc) is 3.22. The number of amides is 2. The molecule has 0 aromatic heterocycles. The minimum Gasteiger partial charge on any atom is -0.508 e. The molecule has 1 aliphatic heterocycles. The molecule has 0 saturated carbocycles. The van der Waals surface area contributed by atoms with Crippen LogP contribution in [0.25, 0.3) is 0 Å². The van der Waals surface area contributed by atoms with Gasteiger partial charge in [0.05, 0.1) is 13.2 Å². The summed E-state index contributed by atoms with van der Waals surface area (Å²) in [6.07, 6.45) is -0.122. The first-order chi connectivity index (χ1) is 16.3. The summed E-state index contributed by atoms with van der Waals surface area (Å²) in [5, 5.41) is 19.6. The molecule has 180 valence electrons. The molecule has 2 atom stereocenters. The predicted octanol–water partition coefficient (Wildman–Crippen LogP) is 2.07. The van der Waals surface area contributed by atoms with Crippen LogP contribution in [0.2, 0.25) is 0 Å². The SMILES string of the molecule is CCCCOC(=O)[C@@H](Cc1ccc(O)cc1)NC(=O)C1CN(c2ccc(C(=N)N)cc2)C(=O)O1. The van der Waals surface area contributed by atoms with Crippen molar-refractivity contribution >= 4 is 29.5 Å². The lowest BCUT2D eigenvalue weighted by molar-refractivity contribution is -0.148. The number of carbonyl (C=O) groups is 3. The third kappa shape index (κ3) is 6.25. The normalized spacial score (nSPS) is 16.0. The van der Waals surface area contributed by atoms with Crippen molar-refractivity contribution in [1.82, 2.24) is 5.32 Å². The zero-order valence-corrected chi connectivity index (χ0v) is 18.8. The summed E-state index contributed by atoms with van der Waals surface area (Å²) in [4.78, 5) is 39.2. The maximum atomic E-state index is 12.9.